The molecule has 0 atom stereocenters. The van der Waals surface area contributed by atoms with Crippen LogP contribution in [-0.2, 0) is 17.4 Å². The molecule has 92 valence electrons. The molecule has 0 aliphatic carbocycles. The number of fused-ring (bicyclic) bond motifs is 1. The third-order valence-electron chi connectivity index (χ3n) is 2.77. The van der Waals surface area contributed by atoms with Crippen LogP contribution in [0.2, 0.25) is 5.28 Å². The molecule has 0 N–H and O–H groups in total. The van der Waals surface area contributed by atoms with E-state index >= 15 is 0 Å². The molecule has 2 rings (SSSR count). The first-order valence-corrected chi connectivity index (χ1v) is 5.96. The van der Waals surface area contributed by atoms with Gasteiger partial charge in [0.2, 0.25) is 5.28 Å². The summed E-state index contributed by atoms with van der Waals surface area (Å²) in [6, 6.07) is 1.99. The molecule has 5 heteroatoms. The van der Waals surface area contributed by atoms with Gasteiger partial charge in [-0.25, -0.2) is 4.98 Å². The molecule has 0 amide bonds. The SMILES string of the molecule is CCOC(C)(C)c1nc(Cl)nc2c1ccn2C. The Morgan fingerprint density at radius 2 is 2.12 bits per heavy atom. The van der Waals surface area contributed by atoms with Crippen LogP contribution in [0.25, 0.3) is 11.0 Å². The van der Waals surface area contributed by atoms with Gasteiger partial charge in [0.05, 0.1) is 5.69 Å². The minimum absolute atomic E-state index is 0.252. The molecule has 0 aromatic carbocycles. The van der Waals surface area contributed by atoms with Crippen LogP contribution < -0.4 is 0 Å². The van der Waals surface area contributed by atoms with E-state index < -0.39 is 5.60 Å². The van der Waals surface area contributed by atoms with E-state index in [1.165, 1.54) is 0 Å². The highest BCUT2D eigenvalue weighted by molar-refractivity contribution is 6.28. The molecule has 2 heterocycles. The van der Waals surface area contributed by atoms with Gasteiger partial charge in [0.25, 0.3) is 0 Å². The standard InChI is InChI=1S/C12H16ClN3O/c1-5-17-12(2,3)9-8-6-7-16(4)10(8)15-11(13)14-9/h6-7H,5H2,1-4H3. The fourth-order valence-corrected chi connectivity index (χ4v) is 2.16. The molecule has 17 heavy (non-hydrogen) atoms. The van der Waals surface area contributed by atoms with E-state index in [1.54, 1.807) is 0 Å². The predicted molar refractivity (Wildman–Crippen MR) is 68.2 cm³/mol. The maximum absolute atomic E-state index is 5.97. The molecule has 0 bridgehead atoms. The van der Waals surface area contributed by atoms with Gasteiger partial charge in [-0.3, -0.25) is 0 Å². The van der Waals surface area contributed by atoms with E-state index in [0.29, 0.717) is 6.61 Å². The Morgan fingerprint density at radius 1 is 1.41 bits per heavy atom. The molecular weight excluding hydrogens is 238 g/mol. The van der Waals surface area contributed by atoms with Crippen LogP contribution in [-0.4, -0.2) is 21.1 Å². The van der Waals surface area contributed by atoms with Crippen LogP contribution in [0, 0.1) is 0 Å². The third-order valence-corrected chi connectivity index (χ3v) is 2.94. The summed E-state index contributed by atoms with van der Waals surface area (Å²) >= 11 is 5.97. The second-order valence-corrected chi connectivity index (χ2v) is 4.79. The van der Waals surface area contributed by atoms with Gasteiger partial charge in [-0.2, -0.15) is 4.98 Å². The van der Waals surface area contributed by atoms with Gasteiger partial charge in [-0.15, -0.1) is 0 Å². The van der Waals surface area contributed by atoms with Crippen molar-refractivity contribution >= 4 is 22.6 Å². The van der Waals surface area contributed by atoms with Crippen molar-refractivity contribution in [1.29, 1.82) is 0 Å². The number of rotatable bonds is 3. The lowest BCUT2D eigenvalue weighted by atomic mass is 10.0. The lowest BCUT2D eigenvalue weighted by Gasteiger charge is -2.24. The van der Waals surface area contributed by atoms with Crippen molar-refractivity contribution in [3.8, 4) is 0 Å². The highest BCUT2D eigenvalue weighted by atomic mass is 35.5. The lowest BCUT2D eigenvalue weighted by Crippen LogP contribution is -2.23. The quantitative estimate of drug-likeness (QED) is 0.790. The molecule has 0 spiro atoms. The summed E-state index contributed by atoms with van der Waals surface area (Å²) in [5, 5.41) is 1.23. The Kier molecular flexibility index (Phi) is 3.10. The number of nitrogens with zero attached hydrogens (tertiary/aromatic N) is 3. The van der Waals surface area contributed by atoms with Gasteiger partial charge in [-0.1, -0.05) is 0 Å². The van der Waals surface area contributed by atoms with Gasteiger partial charge in [0, 0.05) is 25.2 Å². The van der Waals surface area contributed by atoms with Crippen molar-refractivity contribution in [1.82, 2.24) is 14.5 Å². The van der Waals surface area contributed by atoms with E-state index in [1.807, 2.05) is 44.6 Å². The van der Waals surface area contributed by atoms with Gasteiger partial charge in [0.1, 0.15) is 11.2 Å². The first-order valence-electron chi connectivity index (χ1n) is 5.58. The van der Waals surface area contributed by atoms with Crippen LogP contribution >= 0.6 is 11.6 Å². The summed E-state index contributed by atoms with van der Waals surface area (Å²) in [6.45, 7) is 6.57. The summed E-state index contributed by atoms with van der Waals surface area (Å²) in [5.41, 5.74) is 1.18. The normalized spacial score (nSPS) is 12.3. The van der Waals surface area contributed by atoms with Crippen LogP contribution in [0.5, 0.6) is 0 Å². The number of ether oxygens (including phenoxy) is 1. The molecule has 0 aliphatic rings. The molecule has 0 radical (unpaired) electrons. The van der Waals surface area contributed by atoms with Crippen molar-refractivity contribution in [3.05, 3.63) is 23.2 Å². The van der Waals surface area contributed by atoms with Crippen molar-refractivity contribution in [2.75, 3.05) is 6.61 Å². The predicted octanol–water partition coefficient (Wildman–Crippen LogP) is 2.89. The minimum Gasteiger partial charge on any atom is -0.370 e. The molecule has 0 unspecified atom stereocenters. The summed E-state index contributed by atoms with van der Waals surface area (Å²) in [4.78, 5) is 8.55. The fourth-order valence-electron chi connectivity index (χ4n) is 2.00. The van der Waals surface area contributed by atoms with Crippen LogP contribution in [0.1, 0.15) is 26.5 Å². The molecule has 0 saturated heterocycles. The summed E-state index contributed by atoms with van der Waals surface area (Å²) in [6.07, 6.45) is 1.95. The van der Waals surface area contributed by atoms with Gasteiger partial charge in [0.15, 0.2) is 0 Å². The van der Waals surface area contributed by atoms with E-state index in [4.69, 9.17) is 16.3 Å². The number of hydrogen-bond donors (Lipinski definition) is 0. The number of aryl methyl sites for hydroxylation is 1. The maximum atomic E-state index is 5.97. The van der Waals surface area contributed by atoms with Crippen molar-refractivity contribution < 1.29 is 4.74 Å². The molecule has 2 aromatic heterocycles. The highest BCUT2D eigenvalue weighted by Crippen LogP contribution is 2.30. The number of hydrogen-bond acceptors (Lipinski definition) is 3. The average Bonchev–Trinajstić information content (AvgIpc) is 2.59. The summed E-state index contributed by atoms with van der Waals surface area (Å²) in [7, 11) is 1.93. The second-order valence-electron chi connectivity index (χ2n) is 4.45. The maximum Gasteiger partial charge on any atom is 0.224 e. The highest BCUT2D eigenvalue weighted by Gasteiger charge is 2.26. The molecular formula is C12H16ClN3O. The Morgan fingerprint density at radius 3 is 2.76 bits per heavy atom. The monoisotopic (exact) mass is 253 g/mol. The van der Waals surface area contributed by atoms with Crippen LogP contribution in [0.3, 0.4) is 0 Å². The molecule has 0 saturated carbocycles. The Bertz CT molecular complexity index is 548. The Hall–Kier alpha value is -1.13. The largest absolute Gasteiger partial charge is 0.370 e. The van der Waals surface area contributed by atoms with Crippen LogP contribution in [0.15, 0.2) is 12.3 Å². The molecule has 0 aliphatic heterocycles. The number of aromatic nitrogens is 3. The average molecular weight is 254 g/mol. The van der Waals surface area contributed by atoms with Crippen molar-refractivity contribution in [3.63, 3.8) is 0 Å². The Labute approximate surface area is 106 Å². The second kappa shape index (κ2) is 4.27. The Balaban J connectivity index is 2.68. The fraction of sp³-hybridized carbons (Fsp3) is 0.500. The van der Waals surface area contributed by atoms with E-state index in [0.717, 1.165) is 16.7 Å². The zero-order chi connectivity index (χ0) is 12.6. The number of halogens is 1. The van der Waals surface area contributed by atoms with Crippen LogP contribution in [0.4, 0.5) is 0 Å². The smallest absolute Gasteiger partial charge is 0.224 e. The van der Waals surface area contributed by atoms with Crippen molar-refractivity contribution in [2.45, 2.75) is 26.4 Å². The van der Waals surface area contributed by atoms with Gasteiger partial charge >= 0.3 is 0 Å². The molecule has 4 nitrogen and oxygen atoms in total. The van der Waals surface area contributed by atoms with Gasteiger partial charge in [-0.05, 0) is 38.4 Å². The summed E-state index contributed by atoms with van der Waals surface area (Å²) in [5.74, 6) is 0. The van der Waals surface area contributed by atoms with E-state index in [2.05, 4.69) is 9.97 Å². The minimum atomic E-state index is -0.471. The van der Waals surface area contributed by atoms with E-state index in [9.17, 15) is 0 Å². The first kappa shape index (κ1) is 12.3. The van der Waals surface area contributed by atoms with Gasteiger partial charge < -0.3 is 9.30 Å². The molecule has 0 fully saturated rings. The summed E-state index contributed by atoms with van der Waals surface area (Å²) < 4.78 is 7.65. The van der Waals surface area contributed by atoms with E-state index in [-0.39, 0.29) is 5.28 Å². The first-order chi connectivity index (χ1) is 7.95. The lowest BCUT2D eigenvalue weighted by molar-refractivity contribution is -0.0161. The topological polar surface area (TPSA) is 39.9 Å². The zero-order valence-corrected chi connectivity index (χ0v) is 11.2. The third kappa shape index (κ3) is 2.15. The zero-order valence-electron chi connectivity index (χ0n) is 10.5. The van der Waals surface area contributed by atoms with Crippen molar-refractivity contribution in [2.24, 2.45) is 7.05 Å². The molecule has 2 aromatic rings.